The Morgan fingerprint density at radius 3 is 3.05 bits per heavy atom. The predicted octanol–water partition coefficient (Wildman–Crippen LogP) is 0.741. The number of amides is 1. The summed E-state index contributed by atoms with van der Waals surface area (Å²) in [7, 11) is 1.95. The van der Waals surface area contributed by atoms with Gasteiger partial charge in [0.25, 0.3) is 0 Å². The summed E-state index contributed by atoms with van der Waals surface area (Å²) in [6.07, 6.45) is 4.60. The summed E-state index contributed by atoms with van der Waals surface area (Å²) in [6.45, 7) is 5.09. The Labute approximate surface area is 125 Å². The van der Waals surface area contributed by atoms with Crippen molar-refractivity contribution in [3.63, 3.8) is 0 Å². The minimum absolute atomic E-state index is 0. The van der Waals surface area contributed by atoms with E-state index in [1.54, 1.807) is 6.20 Å². The number of rotatable bonds is 5. The third-order valence-electron chi connectivity index (χ3n) is 3.29. The first-order valence-electron chi connectivity index (χ1n) is 6.79. The van der Waals surface area contributed by atoms with Crippen molar-refractivity contribution in [3.8, 4) is 0 Å². The highest BCUT2D eigenvalue weighted by Crippen LogP contribution is 2.20. The van der Waals surface area contributed by atoms with Crippen LogP contribution in [0.2, 0.25) is 0 Å². The molecule has 1 saturated heterocycles. The molecule has 114 valence electrons. The first kappa shape index (κ1) is 16.9. The van der Waals surface area contributed by atoms with Crippen molar-refractivity contribution in [2.45, 2.75) is 19.4 Å². The lowest BCUT2D eigenvalue weighted by Crippen LogP contribution is -2.50. The highest BCUT2D eigenvalue weighted by molar-refractivity contribution is 5.85. The number of halogens is 1. The molecule has 0 saturated carbocycles. The van der Waals surface area contributed by atoms with Crippen molar-refractivity contribution in [2.24, 2.45) is 7.05 Å². The summed E-state index contributed by atoms with van der Waals surface area (Å²) < 4.78 is 7.32. The highest BCUT2D eigenvalue weighted by Gasteiger charge is 2.30. The van der Waals surface area contributed by atoms with Crippen molar-refractivity contribution in [2.75, 3.05) is 32.8 Å². The number of nitrogens with zero attached hydrogens (tertiary/aromatic N) is 3. The van der Waals surface area contributed by atoms with Gasteiger partial charge in [0.1, 0.15) is 18.5 Å². The predicted molar refractivity (Wildman–Crippen MR) is 78.9 cm³/mol. The van der Waals surface area contributed by atoms with Crippen molar-refractivity contribution < 1.29 is 9.53 Å². The van der Waals surface area contributed by atoms with Crippen LogP contribution in [0.15, 0.2) is 12.4 Å². The van der Waals surface area contributed by atoms with Crippen LogP contribution in [0, 0.1) is 0 Å². The molecule has 1 aromatic rings. The van der Waals surface area contributed by atoms with Crippen LogP contribution in [0.5, 0.6) is 0 Å². The van der Waals surface area contributed by atoms with Gasteiger partial charge in [-0.25, -0.2) is 4.98 Å². The molecule has 0 radical (unpaired) electrons. The average Bonchev–Trinajstić information content (AvgIpc) is 2.85. The fourth-order valence-electron chi connectivity index (χ4n) is 2.32. The van der Waals surface area contributed by atoms with Crippen LogP contribution in [0.1, 0.15) is 25.2 Å². The number of carbonyl (C=O) groups is 1. The monoisotopic (exact) mass is 302 g/mol. The number of hydrogen-bond donors (Lipinski definition) is 1. The Hall–Kier alpha value is -1.11. The van der Waals surface area contributed by atoms with E-state index in [9.17, 15) is 4.79 Å². The largest absolute Gasteiger partial charge is 0.372 e. The number of nitrogens with one attached hydrogen (secondary N) is 1. The lowest BCUT2D eigenvalue weighted by atomic mass is 10.1. The third-order valence-corrected chi connectivity index (χ3v) is 3.29. The summed E-state index contributed by atoms with van der Waals surface area (Å²) in [4.78, 5) is 18.5. The minimum Gasteiger partial charge on any atom is -0.372 e. The molecule has 1 aromatic heterocycles. The number of imidazole rings is 1. The second kappa shape index (κ2) is 8.24. The first-order chi connectivity index (χ1) is 9.24. The molecule has 6 nitrogen and oxygen atoms in total. The molecule has 20 heavy (non-hydrogen) atoms. The normalized spacial score (nSPS) is 18.7. The fraction of sp³-hybridized carbons (Fsp3) is 0.692. The van der Waals surface area contributed by atoms with E-state index in [0.29, 0.717) is 13.2 Å². The molecule has 7 heteroatoms. The summed E-state index contributed by atoms with van der Waals surface area (Å²) >= 11 is 0. The maximum Gasteiger partial charge on any atom is 0.249 e. The van der Waals surface area contributed by atoms with E-state index in [4.69, 9.17) is 4.74 Å². The van der Waals surface area contributed by atoms with Gasteiger partial charge in [-0.1, -0.05) is 6.92 Å². The average molecular weight is 303 g/mol. The fourth-order valence-corrected chi connectivity index (χ4v) is 2.32. The lowest BCUT2D eigenvalue weighted by Gasteiger charge is -2.35. The van der Waals surface area contributed by atoms with Gasteiger partial charge in [-0.3, -0.25) is 4.79 Å². The van der Waals surface area contributed by atoms with Crippen molar-refractivity contribution >= 4 is 18.3 Å². The van der Waals surface area contributed by atoms with Crippen LogP contribution in [0.25, 0.3) is 0 Å². The number of carbonyl (C=O) groups excluding carboxylic acids is 1. The zero-order chi connectivity index (χ0) is 13.7. The number of aromatic nitrogens is 2. The van der Waals surface area contributed by atoms with Gasteiger partial charge in [0.2, 0.25) is 5.91 Å². The molecule has 1 aliphatic rings. The molecular formula is C13H23ClN4O2. The van der Waals surface area contributed by atoms with E-state index in [1.165, 1.54) is 0 Å². The van der Waals surface area contributed by atoms with E-state index < -0.39 is 0 Å². The van der Waals surface area contributed by atoms with Gasteiger partial charge in [0.15, 0.2) is 0 Å². The van der Waals surface area contributed by atoms with E-state index in [0.717, 1.165) is 25.3 Å². The summed E-state index contributed by atoms with van der Waals surface area (Å²) in [5, 5.41) is 3.31. The molecule has 1 fully saturated rings. The van der Waals surface area contributed by atoms with Gasteiger partial charge >= 0.3 is 0 Å². The first-order valence-corrected chi connectivity index (χ1v) is 6.79. The Morgan fingerprint density at radius 1 is 1.60 bits per heavy atom. The van der Waals surface area contributed by atoms with E-state index in [1.807, 2.05) is 29.6 Å². The molecule has 1 unspecified atom stereocenters. The van der Waals surface area contributed by atoms with Gasteiger partial charge < -0.3 is 19.5 Å². The maximum absolute atomic E-state index is 12.2. The molecular weight excluding hydrogens is 280 g/mol. The smallest absolute Gasteiger partial charge is 0.249 e. The van der Waals surface area contributed by atoms with Crippen LogP contribution < -0.4 is 5.32 Å². The standard InChI is InChI=1S/C13H22N4O2.ClH/c1-3-8-19-10-12(18)17-7-4-14-9-11(17)13-15-5-6-16(13)2;/h5-6,11,14H,3-4,7-10H2,1-2H3;1H. The zero-order valence-corrected chi connectivity index (χ0v) is 12.9. The van der Waals surface area contributed by atoms with Crippen molar-refractivity contribution in [1.29, 1.82) is 0 Å². The van der Waals surface area contributed by atoms with Crippen LogP contribution in [0.3, 0.4) is 0 Å². The SMILES string of the molecule is CCCOCC(=O)N1CCNCC1c1nccn1C.Cl. The van der Waals surface area contributed by atoms with Crippen LogP contribution >= 0.6 is 12.4 Å². The molecule has 0 bridgehead atoms. The number of piperazine rings is 1. The molecule has 0 aliphatic carbocycles. The van der Waals surface area contributed by atoms with Gasteiger partial charge in [-0.2, -0.15) is 0 Å². The summed E-state index contributed by atoms with van der Waals surface area (Å²) in [6, 6.07) is -0.00789. The lowest BCUT2D eigenvalue weighted by molar-refractivity contribution is -0.139. The van der Waals surface area contributed by atoms with E-state index in [-0.39, 0.29) is 31.0 Å². The van der Waals surface area contributed by atoms with Crippen molar-refractivity contribution in [3.05, 3.63) is 18.2 Å². The summed E-state index contributed by atoms with van der Waals surface area (Å²) in [5.41, 5.74) is 0. The topological polar surface area (TPSA) is 59.4 Å². The third kappa shape index (κ3) is 3.94. The zero-order valence-electron chi connectivity index (χ0n) is 12.0. The van der Waals surface area contributed by atoms with Gasteiger partial charge in [-0.05, 0) is 6.42 Å². The Balaban J connectivity index is 0.00000200. The Morgan fingerprint density at radius 2 is 2.40 bits per heavy atom. The number of aryl methyl sites for hydroxylation is 1. The molecule has 1 N–H and O–H groups in total. The minimum atomic E-state index is -0.00789. The molecule has 0 spiro atoms. The van der Waals surface area contributed by atoms with Crippen LogP contribution in [-0.2, 0) is 16.6 Å². The van der Waals surface area contributed by atoms with Crippen LogP contribution in [0.4, 0.5) is 0 Å². The van der Waals surface area contributed by atoms with Crippen LogP contribution in [-0.4, -0.2) is 53.2 Å². The molecule has 2 heterocycles. The molecule has 2 rings (SSSR count). The van der Waals surface area contributed by atoms with E-state index in [2.05, 4.69) is 10.3 Å². The molecule has 1 atom stereocenters. The van der Waals surface area contributed by atoms with Gasteiger partial charge in [0.05, 0.1) is 0 Å². The van der Waals surface area contributed by atoms with Gasteiger partial charge in [0, 0.05) is 45.7 Å². The maximum atomic E-state index is 12.2. The van der Waals surface area contributed by atoms with Crippen molar-refractivity contribution in [1.82, 2.24) is 19.8 Å². The number of ether oxygens (including phenoxy) is 1. The second-order valence-corrected chi connectivity index (χ2v) is 4.76. The quantitative estimate of drug-likeness (QED) is 0.815. The molecule has 1 aliphatic heterocycles. The summed E-state index contributed by atoms with van der Waals surface area (Å²) in [5.74, 6) is 0.957. The number of hydrogen-bond acceptors (Lipinski definition) is 4. The second-order valence-electron chi connectivity index (χ2n) is 4.76. The highest BCUT2D eigenvalue weighted by atomic mass is 35.5. The Kier molecular flexibility index (Phi) is 6.98. The Bertz CT molecular complexity index is 424. The molecule has 0 aromatic carbocycles. The molecule has 1 amide bonds. The van der Waals surface area contributed by atoms with E-state index >= 15 is 0 Å². The van der Waals surface area contributed by atoms with Gasteiger partial charge in [-0.15, -0.1) is 12.4 Å².